The summed E-state index contributed by atoms with van der Waals surface area (Å²) in [5.41, 5.74) is 0. The molecule has 118 valence electrons. The normalized spacial score (nSPS) is 39.1. The van der Waals surface area contributed by atoms with Crippen molar-refractivity contribution in [2.24, 2.45) is 0 Å². The van der Waals surface area contributed by atoms with Crippen LogP contribution in [-0.2, 0) is 11.2 Å². The molecule has 0 aromatic carbocycles. The van der Waals surface area contributed by atoms with E-state index in [9.17, 15) is 0 Å². The molecule has 14 heteroatoms. The molecule has 3 atom stereocenters. The van der Waals surface area contributed by atoms with Crippen LogP contribution in [0.25, 0.3) is 0 Å². The topological polar surface area (TPSA) is 27.7 Å². The van der Waals surface area contributed by atoms with E-state index in [2.05, 4.69) is 0 Å². The van der Waals surface area contributed by atoms with Gasteiger partial charge in [-0.2, -0.15) is 0 Å². The van der Waals surface area contributed by atoms with E-state index < -0.39 is 52.5 Å². The monoisotopic (exact) mass is 544 g/mol. The molecule has 3 unspecified atom stereocenters. The Labute approximate surface area is 166 Å². The summed E-state index contributed by atoms with van der Waals surface area (Å²) in [6.45, 7) is 0. The summed E-state index contributed by atoms with van der Waals surface area (Å²) >= 11 is 50.4. The summed E-state index contributed by atoms with van der Waals surface area (Å²) in [6, 6.07) is 0. The van der Waals surface area contributed by atoms with Crippen molar-refractivity contribution >= 4 is 128 Å². The van der Waals surface area contributed by atoms with Gasteiger partial charge >= 0.3 is 168 Å². The number of hydrogen-bond donors (Lipinski definition) is 0. The van der Waals surface area contributed by atoms with Crippen LogP contribution in [0, 0.1) is 0 Å². The molecule has 0 aromatic heterocycles. The predicted octanol–water partition coefficient (Wildman–Crippen LogP) is 5.62. The van der Waals surface area contributed by atoms with Crippen LogP contribution < -0.4 is 0 Å². The van der Waals surface area contributed by atoms with Crippen molar-refractivity contribution < 1.29 is 11.2 Å². The van der Waals surface area contributed by atoms with E-state index in [-0.39, 0.29) is 0 Å². The van der Waals surface area contributed by atoms with Crippen LogP contribution in [0.3, 0.4) is 0 Å². The third kappa shape index (κ3) is 4.35. The molecular weight excluding hydrogens is 545 g/mol. The number of hydrogen-bond acceptors (Lipinski definition) is 3. The molecule has 0 amide bonds. The summed E-state index contributed by atoms with van der Waals surface area (Å²) in [5.74, 6) is -2.73. The van der Waals surface area contributed by atoms with Crippen LogP contribution in [0.4, 0.5) is 0 Å². The van der Waals surface area contributed by atoms with Gasteiger partial charge in [-0.25, -0.2) is 0 Å². The van der Waals surface area contributed by atoms with E-state index in [1.54, 1.807) is 0 Å². The van der Waals surface area contributed by atoms with Crippen molar-refractivity contribution in [3.63, 3.8) is 0 Å². The van der Waals surface area contributed by atoms with Crippen molar-refractivity contribution in [2.75, 3.05) is 0 Å². The summed E-state index contributed by atoms with van der Waals surface area (Å²) in [7, 11) is -1.68. The first-order valence-electron chi connectivity index (χ1n) is 4.60. The maximum absolute atomic E-state index is 5.91. The van der Waals surface area contributed by atoms with E-state index in [1.165, 1.54) is 0 Å². The third-order valence-corrected chi connectivity index (χ3v) is 12.0. The molecule has 3 nitrogen and oxygen atoms in total. The zero-order chi connectivity index (χ0) is 15.5. The first-order chi connectivity index (χ1) is 8.82. The molecule has 0 spiro atoms. The Kier molecular flexibility index (Phi) is 6.59. The number of rotatable bonds is 0. The Morgan fingerprint density at radius 3 is 1.05 bits per heavy atom. The van der Waals surface area contributed by atoms with Gasteiger partial charge < -0.3 is 0 Å². The summed E-state index contributed by atoms with van der Waals surface area (Å²) in [4.78, 5) is 0. The summed E-state index contributed by atoms with van der Waals surface area (Å²) in [5, 5.41) is 0. The quantitative estimate of drug-likeness (QED) is 0.224. The Balaban J connectivity index is 2.41. The molecule has 0 N–H and O–H groups in total. The van der Waals surface area contributed by atoms with Crippen molar-refractivity contribution in [3.8, 4) is 0 Å². The Bertz CT molecular complexity index is 324. The summed E-state index contributed by atoms with van der Waals surface area (Å²) in [6.07, 6.45) is 0. The van der Waals surface area contributed by atoms with Crippen LogP contribution in [-0.4, -0.2) is 44.6 Å². The second kappa shape index (κ2) is 6.65. The molecule has 2 bridgehead atoms. The fraction of sp³-hybridized carbons (Fsp3) is 1.00. The average Bonchev–Trinajstić information content (AvgIpc) is 2.25. The van der Waals surface area contributed by atoms with Gasteiger partial charge in [0.2, 0.25) is 0 Å². The molecule has 3 aliphatic heterocycles. The molecule has 20 heavy (non-hydrogen) atoms. The van der Waals surface area contributed by atoms with Crippen molar-refractivity contribution in [2.45, 2.75) is 28.9 Å². The molecular formula is C6H3AsCl9O3P. The fourth-order valence-electron chi connectivity index (χ4n) is 1.54. The predicted molar refractivity (Wildman–Crippen MR) is 88.2 cm³/mol. The van der Waals surface area contributed by atoms with Crippen molar-refractivity contribution in [1.82, 2.24) is 0 Å². The average molecular weight is 548 g/mol. The van der Waals surface area contributed by atoms with Gasteiger partial charge in [-0.1, -0.05) is 0 Å². The van der Waals surface area contributed by atoms with Gasteiger partial charge in [0.15, 0.2) is 0 Å². The van der Waals surface area contributed by atoms with Gasteiger partial charge in [0, 0.05) is 0 Å². The Morgan fingerprint density at radius 2 is 0.850 bits per heavy atom. The Morgan fingerprint density at radius 1 is 0.600 bits per heavy atom. The van der Waals surface area contributed by atoms with Gasteiger partial charge in [-0.3, -0.25) is 0 Å². The third-order valence-electron chi connectivity index (χ3n) is 2.21. The molecule has 3 rings (SSSR count). The zero-order valence-corrected chi connectivity index (χ0v) is 18.3. The molecule has 3 fully saturated rings. The zero-order valence-electron chi connectivity index (χ0n) is 8.75. The Hall–Kier alpha value is 3.48. The van der Waals surface area contributed by atoms with E-state index in [1.807, 2.05) is 0 Å². The minimum atomic E-state index is -2.83. The first-order valence-corrected chi connectivity index (χ1v) is 11.8. The molecule has 3 aliphatic rings. The van der Waals surface area contributed by atoms with Gasteiger partial charge in [0.05, 0.1) is 0 Å². The molecule has 3 heterocycles. The molecule has 0 radical (unpaired) electrons. The molecule has 0 aromatic rings. The van der Waals surface area contributed by atoms with E-state index in [0.717, 1.165) is 0 Å². The van der Waals surface area contributed by atoms with Crippen LogP contribution in [0.1, 0.15) is 0 Å². The van der Waals surface area contributed by atoms with Gasteiger partial charge in [-0.05, 0) is 0 Å². The summed E-state index contributed by atoms with van der Waals surface area (Å²) < 4.78 is 11.1. The fourth-order valence-corrected chi connectivity index (χ4v) is 13.9. The first kappa shape index (κ1) is 19.8. The van der Waals surface area contributed by atoms with Crippen molar-refractivity contribution in [1.29, 1.82) is 0 Å². The maximum atomic E-state index is 5.91. The van der Waals surface area contributed by atoms with Gasteiger partial charge in [0.25, 0.3) is 0 Å². The van der Waals surface area contributed by atoms with Crippen molar-refractivity contribution in [3.05, 3.63) is 0 Å². The minimum absolute atomic E-state index is 0.911. The second-order valence-corrected chi connectivity index (χ2v) is 15.3. The van der Waals surface area contributed by atoms with E-state index in [4.69, 9.17) is 116 Å². The van der Waals surface area contributed by atoms with Gasteiger partial charge in [-0.15, -0.1) is 0 Å². The van der Waals surface area contributed by atoms with Crippen LogP contribution in [0.2, 0.25) is 0 Å². The van der Waals surface area contributed by atoms with Gasteiger partial charge in [0.1, 0.15) is 0 Å². The van der Waals surface area contributed by atoms with E-state index in [0.29, 0.717) is 0 Å². The molecule has 0 saturated carbocycles. The van der Waals surface area contributed by atoms with Crippen LogP contribution in [0.15, 0.2) is 0 Å². The number of alkyl halides is 9. The van der Waals surface area contributed by atoms with Crippen LogP contribution >= 0.6 is 112 Å². The standard InChI is InChI=1S/C6H3AsCl9O3P/c8-4(9,10)1-17-7-18-2(5(11,12)13)20(1)3(19-7)6(14,15)16/h1-3H. The second-order valence-electron chi connectivity index (χ2n) is 3.67. The van der Waals surface area contributed by atoms with Crippen LogP contribution in [0.5, 0.6) is 0 Å². The molecule has 0 aliphatic carbocycles. The van der Waals surface area contributed by atoms with E-state index >= 15 is 0 Å². The number of halogens is 9. The molecule has 3 saturated heterocycles. The SMILES string of the molecule is ClC(Cl)(Cl)C1O[As]2OC(C(Cl)(Cl)Cl)P1C(C(Cl)(Cl)Cl)O2. The number of fused-ring (bicyclic) bond motifs is 3.